The van der Waals surface area contributed by atoms with Gasteiger partial charge in [-0.25, -0.2) is 9.78 Å². The van der Waals surface area contributed by atoms with Gasteiger partial charge in [0.05, 0.1) is 17.2 Å². The van der Waals surface area contributed by atoms with Crippen molar-refractivity contribution in [1.82, 2.24) is 15.0 Å². The van der Waals surface area contributed by atoms with Crippen molar-refractivity contribution in [2.45, 2.75) is 25.4 Å². The van der Waals surface area contributed by atoms with Crippen LogP contribution >= 0.6 is 12.6 Å². The van der Waals surface area contributed by atoms with E-state index in [2.05, 4.69) is 58.8 Å². The van der Waals surface area contributed by atoms with E-state index in [1.165, 1.54) is 11.1 Å². The molecule has 0 radical (unpaired) electrons. The number of hydrogen-bond acceptors (Lipinski definition) is 4. The van der Waals surface area contributed by atoms with Crippen LogP contribution in [0.2, 0.25) is 0 Å². The number of hydrogen-bond donors (Lipinski definition) is 3. The number of imidazole rings is 1. The molecule has 1 aromatic carbocycles. The molecule has 1 atom stereocenters. The van der Waals surface area contributed by atoms with Gasteiger partial charge in [0.2, 0.25) is 0 Å². The minimum atomic E-state index is -5.08. The zero-order chi connectivity index (χ0) is 20.0. The fraction of sp³-hybridized carbons (Fsp3) is 0.278. The van der Waals surface area contributed by atoms with Crippen LogP contribution in [-0.2, 0) is 11.2 Å². The van der Waals surface area contributed by atoms with Crippen LogP contribution in [0.25, 0.3) is 11.0 Å². The van der Waals surface area contributed by atoms with Crippen molar-refractivity contribution >= 4 is 29.6 Å². The van der Waals surface area contributed by atoms with E-state index in [9.17, 15) is 13.2 Å². The summed E-state index contributed by atoms with van der Waals surface area (Å²) in [6, 6.07) is 10.6. The summed E-state index contributed by atoms with van der Waals surface area (Å²) in [6.45, 7) is 2.10. The van der Waals surface area contributed by atoms with Crippen molar-refractivity contribution in [3.05, 3.63) is 59.7 Å². The first-order valence-corrected chi connectivity index (χ1v) is 8.60. The Hall–Kier alpha value is -2.55. The smallest absolute Gasteiger partial charge is 0.475 e. The third-order valence-corrected chi connectivity index (χ3v) is 4.19. The number of halogens is 3. The maximum absolute atomic E-state index is 10.6. The average molecular weight is 397 g/mol. The Morgan fingerprint density at radius 2 is 1.89 bits per heavy atom. The molecule has 2 N–H and O–H groups in total. The molecule has 0 bridgehead atoms. The second-order valence-electron chi connectivity index (χ2n) is 5.89. The number of carboxylic acid groups (broad SMARTS) is 1. The maximum Gasteiger partial charge on any atom is 0.490 e. The number of alkyl halides is 3. The second-order valence-corrected chi connectivity index (χ2v) is 6.25. The molecule has 0 unspecified atom stereocenters. The lowest BCUT2D eigenvalue weighted by Crippen LogP contribution is -2.21. The van der Waals surface area contributed by atoms with Gasteiger partial charge in [-0.05, 0) is 25.0 Å². The summed E-state index contributed by atoms with van der Waals surface area (Å²) in [4.78, 5) is 21.0. The summed E-state index contributed by atoms with van der Waals surface area (Å²) in [5.41, 5.74) is 4.54. The van der Waals surface area contributed by atoms with Gasteiger partial charge in [-0.1, -0.05) is 29.8 Å². The first kappa shape index (κ1) is 20.8. The highest BCUT2D eigenvalue weighted by atomic mass is 32.1. The lowest BCUT2D eigenvalue weighted by molar-refractivity contribution is -0.192. The largest absolute Gasteiger partial charge is 0.490 e. The number of pyridine rings is 1. The molecule has 3 rings (SSSR count). The van der Waals surface area contributed by atoms with Gasteiger partial charge in [0.15, 0.2) is 0 Å². The Balaban J connectivity index is 0.000000321. The van der Waals surface area contributed by atoms with E-state index in [0.29, 0.717) is 0 Å². The Morgan fingerprint density at radius 3 is 2.41 bits per heavy atom. The monoisotopic (exact) mass is 397 g/mol. The Labute approximate surface area is 159 Å². The number of nitrogens with one attached hydrogen (secondary N) is 1. The fourth-order valence-corrected chi connectivity index (χ4v) is 2.63. The molecule has 0 aliphatic heterocycles. The van der Waals surface area contributed by atoms with Crippen LogP contribution in [0.3, 0.4) is 0 Å². The van der Waals surface area contributed by atoms with Crippen LogP contribution in [-0.4, -0.2) is 38.0 Å². The van der Waals surface area contributed by atoms with Gasteiger partial charge in [-0.15, -0.1) is 0 Å². The molecule has 9 heteroatoms. The number of fused-ring (bicyclic) bond motifs is 1. The van der Waals surface area contributed by atoms with E-state index in [1.807, 2.05) is 12.3 Å². The van der Waals surface area contributed by atoms with E-state index < -0.39 is 12.1 Å². The number of carboxylic acids is 1. The Bertz CT molecular complexity index is 862. The number of H-pyrrole nitrogens is 1. The van der Waals surface area contributed by atoms with Crippen molar-refractivity contribution in [1.29, 1.82) is 0 Å². The summed E-state index contributed by atoms with van der Waals surface area (Å²) in [5.74, 6) is -0.717. The van der Waals surface area contributed by atoms with Gasteiger partial charge in [0.25, 0.3) is 0 Å². The highest BCUT2D eigenvalue weighted by molar-refractivity contribution is 7.80. The lowest BCUT2D eigenvalue weighted by Gasteiger charge is -2.11. The van der Waals surface area contributed by atoms with E-state index in [4.69, 9.17) is 9.90 Å². The van der Waals surface area contributed by atoms with Crippen LogP contribution in [0.1, 0.15) is 22.9 Å². The lowest BCUT2D eigenvalue weighted by atomic mass is 9.99. The standard InChI is InChI=1S/C16H17N3S.C2HF3O2/c1-11-2-4-12(5-3-11)8-13(10-20)16-18-14-6-7-17-9-15(14)19-16;3-2(4,5)1(6)7/h2-7,9,13,20H,8,10H2,1H3,(H,18,19);(H,6,7)/t13-;/m1./s1. The molecule has 27 heavy (non-hydrogen) atoms. The maximum atomic E-state index is 10.6. The predicted octanol–water partition coefficient (Wildman–Crippen LogP) is 4.16. The van der Waals surface area contributed by atoms with Crippen LogP contribution < -0.4 is 0 Å². The van der Waals surface area contributed by atoms with Gasteiger partial charge < -0.3 is 10.1 Å². The number of aromatic amines is 1. The fourth-order valence-electron chi connectivity index (χ4n) is 2.33. The summed E-state index contributed by atoms with van der Waals surface area (Å²) in [5, 5.41) is 7.12. The van der Waals surface area contributed by atoms with Gasteiger partial charge in [-0.2, -0.15) is 25.8 Å². The van der Waals surface area contributed by atoms with Crippen molar-refractivity contribution in [2.75, 3.05) is 5.75 Å². The molecule has 0 amide bonds. The van der Waals surface area contributed by atoms with E-state index in [1.54, 1.807) is 6.20 Å². The Morgan fingerprint density at radius 1 is 1.26 bits per heavy atom. The SMILES string of the molecule is Cc1ccc(C[C@H](CS)c2nc3ccncc3[nH]2)cc1.O=C(O)C(F)(F)F. The molecule has 0 saturated heterocycles. The number of rotatable bonds is 4. The molecule has 0 fully saturated rings. The van der Waals surface area contributed by atoms with E-state index >= 15 is 0 Å². The molecule has 144 valence electrons. The zero-order valence-corrected chi connectivity index (χ0v) is 15.3. The third kappa shape index (κ3) is 5.99. The predicted molar refractivity (Wildman–Crippen MR) is 99.1 cm³/mol. The normalized spacial score (nSPS) is 12.3. The first-order valence-electron chi connectivity index (χ1n) is 7.97. The van der Waals surface area contributed by atoms with E-state index in [0.717, 1.165) is 29.0 Å². The van der Waals surface area contributed by atoms with Gasteiger partial charge in [-0.3, -0.25) is 4.98 Å². The summed E-state index contributed by atoms with van der Waals surface area (Å²) in [7, 11) is 0. The Kier molecular flexibility index (Phi) is 6.84. The number of aliphatic carboxylic acids is 1. The molecule has 2 aromatic heterocycles. The minimum Gasteiger partial charge on any atom is -0.475 e. The molecule has 2 heterocycles. The molecule has 0 spiro atoms. The van der Waals surface area contributed by atoms with Gasteiger partial charge in [0, 0.05) is 17.9 Å². The first-order chi connectivity index (χ1) is 12.7. The average Bonchev–Trinajstić information content (AvgIpc) is 3.05. The molecular formula is C18H18F3N3O2S. The molecule has 5 nitrogen and oxygen atoms in total. The molecule has 0 aliphatic carbocycles. The highest BCUT2D eigenvalue weighted by Crippen LogP contribution is 2.22. The number of thiol groups is 1. The number of aromatic nitrogens is 3. The van der Waals surface area contributed by atoms with Crippen LogP contribution in [0.5, 0.6) is 0 Å². The van der Waals surface area contributed by atoms with Crippen LogP contribution in [0.4, 0.5) is 13.2 Å². The number of aryl methyl sites for hydroxylation is 1. The van der Waals surface area contributed by atoms with Crippen LogP contribution in [0, 0.1) is 6.92 Å². The number of benzene rings is 1. The molecular weight excluding hydrogens is 379 g/mol. The van der Waals surface area contributed by atoms with Crippen LogP contribution in [0.15, 0.2) is 42.7 Å². The molecule has 0 saturated carbocycles. The van der Waals surface area contributed by atoms with Crippen molar-refractivity contribution in [3.63, 3.8) is 0 Å². The zero-order valence-electron chi connectivity index (χ0n) is 14.4. The van der Waals surface area contributed by atoms with Gasteiger partial charge >= 0.3 is 12.1 Å². The van der Waals surface area contributed by atoms with Crippen molar-refractivity contribution in [3.8, 4) is 0 Å². The quantitative estimate of drug-likeness (QED) is 0.578. The van der Waals surface area contributed by atoms with E-state index in [-0.39, 0.29) is 5.92 Å². The molecule has 0 aliphatic rings. The summed E-state index contributed by atoms with van der Waals surface area (Å²) < 4.78 is 31.7. The second kappa shape index (κ2) is 8.90. The number of nitrogens with zero attached hydrogens (tertiary/aromatic N) is 2. The topological polar surface area (TPSA) is 78.9 Å². The molecule has 3 aromatic rings. The third-order valence-electron chi connectivity index (χ3n) is 3.75. The summed E-state index contributed by atoms with van der Waals surface area (Å²) in [6.07, 6.45) is -0.563. The van der Waals surface area contributed by atoms with Crippen molar-refractivity contribution < 1.29 is 23.1 Å². The highest BCUT2D eigenvalue weighted by Gasteiger charge is 2.38. The van der Waals surface area contributed by atoms with Gasteiger partial charge in [0.1, 0.15) is 5.82 Å². The number of carbonyl (C=O) groups is 1. The minimum absolute atomic E-state index is 0.286. The summed E-state index contributed by atoms with van der Waals surface area (Å²) >= 11 is 4.48. The van der Waals surface area contributed by atoms with Crippen molar-refractivity contribution in [2.24, 2.45) is 0 Å².